The second kappa shape index (κ2) is 7.46. The Morgan fingerprint density at radius 3 is 2.66 bits per heavy atom. The topological polar surface area (TPSA) is 96.7 Å². The molecule has 3 aromatic rings. The predicted octanol–water partition coefficient (Wildman–Crippen LogP) is 2.89. The number of benzene rings is 2. The van der Waals surface area contributed by atoms with Crippen molar-refractivity contribution in [3.05, 3.63) is 70.6 Å². The summed E-state index contributed by atoms with van der Waals surface area (Å²) in [5, 5.41) is 3.54. The van der Waals surface area contributed by atoms with Crippen LogP contribution in [0, 0.1) is 6.92 Å². The number of aryl methyl sites for hydroxylation is 1. The van der Waals surface area contributed by atoms with Crippen LogP contribution >= 0.6 is 0 Å². The van der Waals surface area contributed by atoms with E-state index in [1.54, 1.807) is 36.4 Å². The average molecular weight is 412 g/mol. The molecule has 4 rings (SSSR count). The van der Waals surface area contributed by atoms with Gasteiger partial charge in [0.25, 0.3) is 0 Å². The first-order chi connectivity index (χ1) is 13.9. The summed E-state index contributed by atoms with van der Waals surface area (Å²) in [6, 6.07) is 13.8. The van der Waals surface area contributed by atoms with Crippen molar-refractivity contribution in [2.24, 2.45) is 0 Å². The minimum Gasteiger partial charge on any atom is -0.423 e. The number of sulfonamides is 1. The van der Waals surface area contributed by atoms with Crippen LogP contribution in [-0.4, -0.2) is 31.2 Å². The monoisotopic (exact) mass is 412 g/mol. The Hall–Kier alpha value is -2.97. The quantitative estimate of drug-likeness (QED) is 0.665. The molecule has 8 heteroatoms. The van der Waals surface area contributed by atoms with E-state index < -0.39 is 27.6 Å². The van der Waals surface area contributed by atoms with Crippen LogP contribution in [0.5, 0.6) is 0 Å². The van der Waals surface area contributed by atoms with E-state index in [2.05, 4.69) is 5.32 Å². The molecule has 7 nitrogen and oxygen atoms in total. The number of nitrogens with one attached hydrogen (secondary N) is 1. The van der Waals surface area contributed by atoms with Gasteiger partial charge in [-0.05, 0) is 49.6 Å². The fourth-order valence-corrected chi connectivity index (χ4v) is 5.32. The van der Waals surface area contributed by atoms with Crippen molar-refractivity contribution in [3.8, 4) is 0 Å². The van der Waals surface area contributed by atoms with Crippen molar-refractivity contribution in [3.63, 3.8) is 0 Å². The molecule has 150 valence electrons. The molecule has 0 bridgehead atoms. The molecule has 1 saturated heterocycles. The van der Waals surface area contributed by atoms with Gasteiger partial charge >= 0.3 is 5.63 Å². The number of anilines is 1. The molecule has 1 aliphatic heterocycles. The standard InChI is InChI=1S/C21H20N2O5S/c1-14-12-20(24)28-19-13-15(9-10-17(14)19)22-21(25)18-8-5-11-23(18)29(26,27)16-6-3-2-4-7-16/h2-4,6-7,9-10,12-13,18H,5,8,11H2,1H3,(H,22,25)/t18-/m0/s1. The van der Waals surface area contributed by atoms with Gasteiger partial charge < -0.3 is 9.73 Å². The maximum Gasteiger partial charge on any atom is 0.336 e. The number of nitrogens with zero attached hydrogens (tertiary/aromatic N) is 1. The van der Waals surface area contributed by atoms with Crippen molar-refractivity contribution in [2.45, 2.75) is 30.7 Å². The van der Waals surface area contributed by atoms with Crippen molar-refractivity contribution in [1.29, 1.82) is 0 Å². The average Bonchev–Trinajstić information content (AvgIpc) is 3.19. The van der Waals surface area contributed by atoms with Gasteiger partial charge in [0.05, 0.1) is 4.90 Å². The van der Waals surface area contributed by atoms with Crippen LogP contribution in [0.3, 0.4) is 0 Å². The fourth-order valence-electron chi connectivity index (χ4n) is 3.65. The second-order valence-corrected chi connectivity index (χ2v) is 8.93. The van der Waals surface area contributed by atoms with Gasteiger partial charge in [0.2, 0.25) is 15.9 Å². The van der Waals surface area contributed by atoms with Gasteiger partial charge in [0.15, 0.2) is 0 Å². The first-order valence-electron chi connectivity index (χ1n) is 9.28. The molecule has 2 aromatic carbocycles. The van der Waals surface area contributed by atoms with E-state index in [-0.39, 0.29) is 4.90 Å². The maximum atomic E-state index is 12.9. The molecular formula is C21H20N2O5S. The lowest BCUT2D eigenvalue weighted by Gasteiger charge is -2.23. The maximum absolute atomic E-state index is 12.9. The number of amides is 1. The zero-order valence-corrected chi connectivity index (χ0v) is 16.6. The van der Waals surface area contributed by atoms with E-state index in [4.69, 9.17) is 4.42 Å². The molecule has 1 amide bonds. The van der Waals surface area contributed by atoms with Crippen molar-refractivity contribution in [2.75, 3.05) is 11.9 Å². The van der Waals surface area contributed by atoms with Crippen LogP contribution < -0.4 is 10.9 Å². The molecular weight excluding hydrogens is 392 g/mol. The fraction of sp³-hybridized carbons (Fsp3) is 0.238. The van der Waals surface area contributed by atoms with E-state index in [1.165, 1.54) is 22.5 Å². The summed E-state index contributed by atoms with van der Waals surface area (Å²) in [5.41, 5.74) is 1.13. The Morgan fingerprint density at radius 1 is 1.14 bits per heavy atom. The van der Waals surface area contributed by atoms with E-state index >= 15 is 0 Å². The molecule has 0 saturated carbocycles. The Balaban J connectivity index is 1.59. The first kappa shape index (κ1) is 19.4. The highest BCUT2D eigenvalue weighted by atomic mass is 32.2. The zero-order chi connectivity index (χ0) is 20.6. The van der Waals surface area contributed by atoms with Crippen LogP contribution in [0.4, 0.5) is 5.69 Å². The van der Waals surface area contributed by atoms with Gasteiger partial charge in [0, 0.05) is 29.8 Å². The molecule has 0 radical (unpaired) electrons. The molecule has 0 unspecified atom stereocenters. The normalized spacial score (nSPS) is 17.5. The van der Waals surface area contributed by atoms with Crippen LogP contribution in [0.25, 0.3) is 11.0 Å². The highest BCUT2D eigenvalue weighted by molar-refractivity contribution is 7.89. The molecule has 29 heavy (non-hydrogen) atoms. The van der Waals surface area contributed by atoms with E-state index in [0.29, 0.717) is 30.7 Å². The SMILES string of the molecule is Cc1cc(=O)oc2cc(NC(=O)[C@@H]3CCCN3S(=O)(=O)c3ccccc3)ccc12. The van der Waals surface area contributed by atoms with Crippen LogP contribution in [0.1, 0.15) is 18.4 Å². The van der Waals surface area contributed by atoms with Crippen LogP contribution in [0.15, 0.2) is 68.7 Å². The van der Waals surface area contributed by atoms with Gasteiger partial charge in [-0.15, -0.1) is 0 Å². The van der Waals surface area contributed by atoms with Gasteiger partial charge in [-0.2, -0.15) is 4.31 Å². The van der Waals surface area contributed by atoms with Gasteiger partial charge in [-0.3, -0.25) is 4.79 Å². The van der Waals surface area contributed by atoms with E-state index in [0.717, 1.165) is 10.9 Å². The Kier molecular flexibility index (Phi) is 4.97. The molecule has 1 aromatic heterocycles. The third-order valence-electron chi connectivity index (χ3n) is 5.08. The molecule has 0 aliphatic carbocycles. The molecule has 1 N–H and O–H groups in total. The Morgan fingerprint density at radius 2 is 1.90 bits per heavy atom. The molecule has 0 spiro atoms. The highest BCUT2D eigenvalue weighted by Gasteiger charge is 2.39. The van der Waals surface area contributed by atoms with Crippen molar-refractivity contribution < 1.29 is 17.6 Å². The minimum atomic E-state index is -3.76. The summed E-state index contributed by atoms with van der Waals surface area (Å²) in [6.07, 6.45) is 1.05. The van der Waals surface area contributed by atoms with Gasteiger partial charge in [0.1, 0.15) is 11.6 Å². The summed E-state index contributed by atoms with van der Waals surface area (Å²) in [5.74, 6) is -0.406. The van der Waals surface area contributed by atoms with Gasteiger partial charge in [-0.1, -0.05) is 18.2 Å². The number of carbonyl (C=O) groups is 1. The number of fused-ring (bicyclic) bond motifs is 1. The molecule has 2 heterocycles. The molecule has 1 fully saturated rings. The summed E-state index contributed by atoms with van der Waals surface area (Å²) in [7, 11) is -3.76. The second-order valence-electron chi connectivity index (χ2n) is 7.04. The largest absolute Gasteiger partial charge is 0.423 e. The third kappa shape index (κ3) is 3.68. The summed E-state index contributed by atoms with van der Waals surface area (Å²) < 4.78 is 32.4. The Labute approximate surface area is 168 Å². The molecule has 1 aliphatic rings. The van der Waals surface area contributed by atoms with Crippen molar-refractivity contribution in [1.82, 2.24) is 4.31 Å². The van der Waals surface area contributed by atoms with E-state index in [9.17, 15) is 18.0 Å². The van der Waals surface area contributed by atoms with Crippen molar-refractivity contribution >= 4 is 32.6 Å². The number of hydrogen-bond acceptors (Lipinski definition) is 5. The number of carbonyl (C=O) groups excluding carboxylic acids is 1. The summed E-state index contributed by atoms with van der Waals surface area (Å²) in [4.78, 5) is 24.6. The minimum absolute atomic E-state index is 0.169. The summed E-state index contributed by atoms with van der Waals surface area (Å²) in [6.45, 7) is 2.10. The number of hydrogen-bond donors (Lipinski definition) is 1. The van der Waals surface area contributed by atoms with Crippen LogP contribution in [0.2, 0.25) is 0 Å². The third-order valence-corrected chi connectivity index (χ3v) is 7.00. The number of rotatable bonds is 4. The van der Waals surface area contributed by atoms with Gasteiger partial charge in [-0.25, -0.2) is 13.2 Å². The molecule has 1 atom stereocenters. The Bertz CT molecular complexity index is 1230. The lowest BCUT2D eigenvalue weighted by atomic mass is 10.1. The predicted molar refractivity (Wildman–Crippen MR) is 109 cm³/mol. The highest BCUT2D eigenvalue weighted by Crippen LogP contribution is 2.27. The first-order valence-corrected chi connectivity index (χ1v) is 10.7. The lowest BCUT2D eigenvalue weighted by molar-refractivity contribution is -0.119. The van der Waals surface area contributed by atoms with Crippen LogP contribution in [-0.2, 0) is 14.8 Å². The summed E-state index contributed by atoms with van der Waals surface area (Å²) >= 11 is 0. The zero-order valence-electron chi connectivity index (χ0n) is 15.8. The van der Waals surface area contributed by atoms with E-state index in [1.807, 2.05) is 6.92 Å². The lowest BCUT2D eigenvalue weighted by Crippen LogP contribution is -2.43. The smallest absolute Gasteiger partial charge is 0.336 e.